The smallest absolute Gasteiger partial charge is 0.348 e. The maximum atomic E-state index is 13.0. The summed E-state index contributed by atoms with van der Waals surface area (Å²) < 4.78 is 5.55. The molecule has 1 aromatic carbocycles. The molecule has 5 aromatic rings. The Labute approximate surface area is 216 Å². The van der Waals surface area contributed by atoms with Crippen LogP contribution >= 0.6 is 23.4 Å². The number of benzene rings is 1. The Morgan fingerprint density at radius 1 is 1.28 bits per heavy atom. The Kier molecular flexibility index (Phi) is 5.58. The minimum atomic E-state index is -0.277. The van der Waals surface area contributed by atoms with Gasteiger partial charge in [-0.3, -0.25) is 14.2 Å². The van der Waals surface area contributed by atoms with E-state index >= 15 is 0 Å². The van der Waals surface area contributed by atoms with Gasteiger partial charge in [-0.2, -0.15) is 15.3 Å². The van der Waals surface area contributed by atoms with Gasteiger partial charge in [0.05, 0.1) is 39.4 Å². The molecule has 180 valence electrons. The number of nitriles is 1. The second-order valence-corrected chi connectivity index (χ2v) is 10.3. The van der Waals surface area contributed by atoms with Crippen molar-refractivity contribution in [3.8, 4) is 17.5 Å². The lowest BCUT2D eigenvalue weighted by atomic mass is 10.1. The number of hydrogen-bond donors (Lipinski definition) is 0. The van der Waals surface area contributed by atoms with E-state index < -0.39 is 0 Å². The first-order valence-corrected chi connectivity index (χ1v) is 13.2. The molecule has 1 aliphatic carbocycles. The van der Waals surface area contributed by atoms with Crippen LogP contribution in [0.15, 0.2) is 52.5 Å². The Hall–Kier alpha value is -3.61. The highest BCUT2D eigenvalue weighted by Gasteiger charge is 2.28. The molecule has 1 saturated carbocycles. The lowest BCUT2D eigenvalue weighted by Gasteiger charge is -2.12. The molecular formula is C26H22ClN7OS. The highest BCUT2D eigenvalue weighted by Crippen LogP contribution is 2.37. The molecule has 4 heterocycles. The summed E-state index contributed by atoms with van der Waals surface area (Å²) in [5.41, 5.74) is 4.29. The van der Waals surface area contributed by atoms with Gasteiger partial charge in [-0.05, 0) is 48.8 Å². The van der Waals surface area contributed by atoms with E-state index in [9.17, 15) is 10.1 Å². The molecule has 0 spiro atoms. The number of thioether (sulfide) groups is 1. The average molecular weight is 516 g/mol. The molecule has 10 heteroatoms. The molecule has 36 heavy (non-hydrogen) atoms. The molecule has 1 fully saturated rings. The van der Waals surface area contributed by atoms with Gasteiger partial charge >= 0.3 is 5.69 Å². The molecule has 0 radical (unpaired) electrons. The third-order valence-electron chi connectivity index (χ3n) is 6.67. The van der Waals surface area contributed by atoms with Gasteiger partial charge in [0.25, 0.3) is 0 Å². The van der Waals surface area contributed by atoms with E-state index in [0.717, 1.165) is 46.1 Å². The summed E-state index contributed by atoms with van der Waals surface area (Å²) >= 11 is 7.85. The summed E-state index contributed by atoms with van der Waals surface area (Å²) in [6.45, 7) is 1.04. The summed E-state index contributed by atoms with van der Waals surface area (Å²) in [4.78, 5) is 21.9. The zero-order valence-electron chi connectivity index (χ0n) is 19.8. The van der Waals surface area contributed by atoms with Gasteiger partial charge in [0.2, 0.25) is 0 Å². The van der Waals surface area contributed by atoms with Crippen molar-refractivity contribution in [2.24, 2.45) is 13.0 Å². The lowest BCUT2D eigenvalue weighted by Crippen LogP contribution is -2.25. The van der Waals surface area contributed by atoms with Crippen LogP contribution in [-0.4, -0.2) is 35.1 Å². The largest absolute Gasteiger partial charge is 0.350 e. The summed E-state index contributed by atoms with van der Waals surface area (Å²) in [6.07, 6.45) is 7.68. The van der Waals surface area contributed by atoms with Crippen molar-refractivity contribution in [2.75, 3.05) is 6.26 Å². The van der Waals surface area contributed by atoms with Gasteiger partial charge in [0.15, 0.2) is 5.65 Å². The Balaban J connectivity index is 1.65. The van der Waals surface area contributed by atoms with Crippen LogP contribution < -0.4 is 5.69 Å². The fraction of sp³-hybridized carbons (Fsp3) is 0.269. The monoisotopic (exact) mass is 515 g/mol. The predicted octanol–water partition coefficient (Wildman–Crippen LogP) is 4.85. The van der Waals surface area contributed by atoms with Gasteiger partial charge in [-0.15, -0.1) is 11.8 Å². The van der Waals surface area contributed by atoms with Crippen LogP contribution in [0, 0.1) is 17.2 Å². The van der Waals surface area contributed by atoms with E-state index in [1.807, 2.05) is 52.9 Å². The van der Waals surface area contributed by atoms with Gasteiger partial charge in [0.1, 0.15) is 11.1 Å². The van der Waals surface area contributed by atoms with Crippen LogP contribution in [0.25, 0.3) is 33.3 Å². The first-order chi connectivity index (χ1) is 17.5. The SMILES string of the molecule is CSc1nc(=O)n(CC2CC2)c2nn(Cc3ccnc4c(Cl)cccc34)c(-c3cc(C#N)cn3C)c12. The molecule has 1 aliphatic rings. The summed E-state index contributed by atoms with van der Waals surface area (Å²) in [5, 5.41) is 17.6. The zero-order chi connectivity index (χ0) is 25.0. The van der Waals surface area contributed by atoms with Crippen LogP contribution in [-0.2, 0) is 20.1 Å². The van der Waals surface area contributed by atoms with Crippen LogP contribution in [0.3, 0.4) is 0 Å². The van der Waals surface area contributed by atoms with Crippen molar-refractivity contribution >= 4 is 45.3 Å². The Bertz CT molecular complexity index is 1760. The lowest BCUT2D eigenvalue weighted by molar-refractivity contribution is 0.595. The highest BCUT2D eigenvalue weighted by molar-refractivity contribution is 7.98. The molecule has 0 bridgehead atoms. The predicted molar refractivity (Wildman–Crippen MR) is 141 cm³/mol. The van der Waals surface area contributed by atoms with Gasteiger partial charge < -0.3 is 4.57 Å². The highest BCUT2D eigenvalue weighted by atomic mass is 35.5. The van der Waals surface area contributed by atoms with Gasteiger partial charge in [-0.25, -0.2) is 4.79 Å². The van der Waals surface area contributed by atoms with E-state index in [1.54, 1.807) is 17.0 Å². The molecule has 4 aromatic heterocycles. The molecule has 0 atom stereocenters. The number of nitrogens with zero attached hydrogens (tertiary/aromatic N) is 7. The van der Waals surface area contributed by atoms with E-state index in [1.165, 1.54) is 11.8 Å². The molecule has 0 saturated heterocycles. The first kappa shape index (κ1) is 22.8. The maximum absolute atomic E-state index is 13.0. The van der Waals surface area contributed by atoms with Gasteiger partial charge in [0, 0.05) is 31.4 Å². The van der Waals surface area contributed by atoms with Crippen molar-refractivity contribution in [3.05, 3.63) is 69.4 Å². The van der Waals surface area contributed by atoms with Crippen molar-refractivity contribution in [3.63, 3.8) is 0 Å². The average Bonchev–Trinajstić information content (AvgIpc) is 3.52. The zero-order valence-corrected chi connectivity index (χ0v) is 21.3. The number of halogens is 1. The maximum Gasteiger partial charge on any atom is 0.350 e. The number of hydrogen-bond acceptors (Lipinski definition) is 6. The van der Waals surface area contributed by atoms with E-state index in [0.29, 0.717) is 40.3 Å². The molecule has 0 amide bonds. The number of aromatic nitrogens is 6. The van der Waals surface area contributed by atoms with Crippen LogP contribution in [0.2, 0.25) is 5.02 Å². The fourth-order valence-electron chi connectivity index (χ4n) is 4.73. The number of para-hydroxylation sites is 1. The standard InChI is InChI=1S/C26H22ClN7OS/c1-32-12-16(11-28)10-20(32)23-21-24(33(13-15-6-7-15)26(35)30-25(21)36-2)31-34(23)14-17-8-9-29-22-18(17)4-3-5-19(22)27/h3-5,8-10,12,15H,6-7,13-14H2,1-2H3. The Morgan fingerprint density at radius 3 is 2.83 bits per heavy atom. The molecule has 0 unspecified atom stereocenters. The summed E-state index contributed by atoms with van der Waals surface area (Å²) in [6, 6.07) is 11.8. The summed E-state index contributed by atoms with van der Waals surface area (Å²) in [5.74, 6) is 0.480. The number of fused-ring (bicyclic) bond motifs is 2. The molecule has 0 aliphatic heterocycles. The van der Waals surface area contributed by atoms with E-state index in [-0.39, 0.29) is 5.69 Å². The van der Waals surface area contributed by atoms with E-state index in [2.05, 4.69) is 16.0 Å². The van der Waals surface area contributed by atoms with Crippen molar-refractivity contribution < 1.29 is 0 Å². The number of rotatable bonds is 6. The van der Waals surface area contributed by atoms with E-state index in [4.69, 9.17) is 16.7 Å². The van der Waals surface area contributed by atoms with Crippen molar-refractivity contribution in [1.82, 2.24) is 28.9 Å². The topological polar surface area (TPSA) is 94.3 Å². The third-order valence-corrected chi connectivity index (χ3v) is 7.66. The second kappa shape index (κ2) is 8.80. The molecular weight excluding hydrogens is 494 g/mol. The second-order valence-electron chi connectivity index (χ2n) is 9.11. The first-order valence-electron chi connectivity index (χ1n) is 11.6. The number of aryl methyl sites for hydroxylation is 1. The quantitative estimate of drug-likeness (QED) is 0.237. The minimum Gasteiger partial charge on any atom is -0.348 e. The van der Waals surface area contributed by atoms with Crippen LogP contribution in [0.4, 0.5) is 0 Å². The third kappa shape index (κ3) is 3.77. The molecule has 8 nitrogen and oxygen atoms in total. The number of pyridine rings is 1. The Morgan fingerprint density at radius 2 is 2.11 bits per heavy atom. The summed E-state index contributed by atoms with van der Waals surface area (Å²) in [7, 11) is 1.91. The molecule has 6 rings (SSSR count). The van der Waals surface area contributed by atoms with Gasteiger partial charge in [-0.1, -0.05) is 23.7 Å². The molecule has 0 N–H and O–H groups in total. The normalized spacial score (nSPS) is 13.5. The minimum absolute atomic E-state index is 0.277. The van der Waals surface area contributed by atoms with Crippen molar-refractivity contribution in [2.45, 2.75) is 31.0 Å². The fourth-order valence-corrected chi connectivity index (χ4v) is 5.52. The van der Waals surface area contributed by atoms with Crippen LogP contribution in [0.1, 0.15) is 24.0 Å². The van der Waals surface area contributed by atoms with Crippen LogP contribution in [0.5, 0.6) is 0 Å². The van der Waals surface area contributed by atoms with Crippen molar-refractivity contribution in [1.29, 1.82) is 5.26 Å².